The third kappa shape index (κ3) is 18.9. The van der Waals surface area contributed by atoms with Gasteiger partial charge in [0.05, 0.1) is 24.6 Å². The molecule has 0 nitrogen and oxygen atoms in total. The summed E-state index contributed by atoms with van der Waals surface area (Å²) in [6.45, 7) is 9.42. The molecule has 0 fully saturated rings. The molecule has 0 rings (SSSR count). The van der Waals surface area contributed by atoms with Crippen LogP contribution >= 0.6 is 7.26 Å². The first-order valence-electron chi connectivity index (χ1n) is 12.6. The fraction of sp³-hybridized carbons (Fsp3) is 1.00. The topological polar surface area (TPSA) is 0 Å². The number of hydrogen-bond acceptors (Lipinski definition) is 0. The Morgan fingerprint density at radius 3 is 0.889 bits per heavy atom. The van der Waals surface area contributed by atoms with Crippen LogP contribution in [0.15, 0.2) is 0 Å². The SMILES string of the molecule is CCCCCCC[P+](CCCC)(CCCCCCC)CCCCCCC.[I-]. The highest BCUT2D eigenvalue weighted by atomic mass is 127. The van der Waals surface area contributed by atoms with Gasteiger partial charge in [-0.3, -0.25) is 0 Å². The average molecular weight is 513 g/mol. The van der Waals surface area contributed by atoms with E-state index in [2.05, 4.69) is 27.7 Å². The van der Waals surface area contributed by atoms with Gasteiger partial charge in [0, 0.05) is 7.26 Å². The fourth-order valence-electron chi connectivity index (χ4n) is 4.32. The van der Waals surface area contributed by atoms with E-state index in [1.54, 1.807) is 43.9 Å². The summed E-state index contributed by atoms with van der Waals surface area (Å²) in [4.78, 5) is 0. The molecule has 0 aromatic carbocycles. The molecule has 0 amide bonds. The molecule has 0 aromatic heterocycles. The number of hydrogen-bond donors (Lipinski definition) is 0. The zero-order valence-electron chi connectivity index (χ0n) is 19.7. The summed E-state index contributed by atoms with van der Waals surface area (Å²) in [7, 11) is -0.659. The molecule has 0 spiro atoms. The molecule has 2 heteroatoms. The summed E-state index contributed by atoms with van der Waals surface area (Å²) in [5, 5.41) is 0. The summed E-state index contributed by atoms with van der Waals surface area (Å²) in [5.41, 5.74) is 0. The molecule has 27 heavy (non-hydrogen) atoms. The van der Waals surface area contributed by atoms with Crippen molar-refractivity contribution in [2.75, 3.05) is 24.6 Å². The van der Waals surface area contributed by atoms with Crippen molar-refractivity contribution in [3.63, 3.8) is 0 Å². The van der Waals surface area contributed by atoms with Gasteiger partial charge in [0.1, 0.15) is 0 Å². The van der Waals surface area contributed by atoms with Gasteiger partial charge in [-0.2, -0.15) is 0 Å². The highest BCUT2D eigenvalue weighted by Gasteiger charge is 2.34. The second-order valence-electron chi connectivity index (χ2n) is 8.83. The molecule has 0 aliphatic carbocycles. The van der Waals surface area contributed by atoms with Crippen molar-refractivity contribution in [2.45, 2.75) is 137 Å². The van der Waals surface area contributed by atoms with Gasteiger partial charge in [-0.25, -0.2) is 0 Å². The molecule has 0 heterocycles. The first kappa shape index (κ1) is 30.4. The molecule has 0 saturated heterocycles. The van der Waals surface area contributed by atoms with E-state index < -0.39 is 7.26 Å². The summed E-state index contributed by atoms with van der Waals surface area (Å²) < 4.78 is 0. The highest BCUT2D eigenvalue weighted by Crippen LogP contribution is 2.61. The van der Waals surface area contributed by atoms with Gasteiger partial charge in [-0.15, -0.1) is 0 Å². The predicted octanol–water partition coefficient (Wildman–Crippen LogP) is 6.72. The van der Waals surface area contributed by atoms with Crippen molar-refractivity contribution < 1.29 is 24.0 Å². The minimum Gasteiger partial charge on any atom is -1.00 e. The lowest BCUT2D eigenvalue weighted by Crippen LogP contribution is -3.00. The largest absolute Gasteiger partial charge is 1.00 e. The molecular weight excluding hydrogens is 458 g/mol. The van der Waals surface area contributed by atoms with Crippen LogP contribution in [0, 0.1) is 0 Å². The lowest BCUT2D eigenvalue weighted by molar-refractivity contribution is -0.00000602. The van der Waals surface area contributed by atoms with Gasteiger partial charge in [0.15, 0.2) is 0 Å². The van der Waals surface area contributed by atoms with E-state index in [0.29, 0.717) is 0 Å². The first-order valence-corrected chi connectivity index (χ1v) is 15.1. The summed E-state index contributed by atoms with van der Waals surface area (Å²) in [5.74, 6) is 0. The Morgan fingerprint density at radius 1 is 0.333 bits per heavy atom. The molecule has 0 aliphatic rings. The highest BCUT2D eigenvalue weighted by molar-refractivity contribution is 7.75. The quantitative estimate of drug-likeness (QED) is 0.0910. The summed E-state index contributed by atoms with van der Waals surface area (Å²) >= 11 is 0. The van der Waals surface area contributed by atoms with E-state index >= 15 is 0 Å². The van der Waals surface area contributed by atoms with Crippen molar-refractivity contribution >= 4 is 7.26 Å². The van der Waals surface area contributed by atoms with Crippen LogP contribution in [0.5, 0.6) is 0 Å². The second-order valence-corrected chi connectivity index (χ2v) is 13.3. The molecule has 0 N–H and O–H groups in total. The molecular formula is C25H54IP. The number of unbranched alkanes of at least 4 members (excludes halogenated alkanes) is 13. The normalized spacial score (nSPS) is 11.6. The van der Waals surface area contributed by atoms with Gasteiger partial charge in [0.2, 0.25) is 0 Å². The van der Waals surface area contributed by atoms with Crippen molar-refractivity contribution in [1.29, 1.82) is 0 Å². The molecule has 0 unspecified atom stereocenters. The molecule has 0 aliphatic heterocycles. The summed E-state index contributed by atoms with van der Waals surface area (Å²) in [6.07, 6.45) is 31.5. The minimum atomic E-state index is -0.659. The standard InChI is InChI=1S/C25H54P.HI/c1-5-9-13-16-19-23-26(22-12-8-4,24-20-17-14-10-6-2)25-21-18-15-11-7-3;/h5-25H2,1-4H3;1H/q+1;/p-1. The Hall–Kier alpha value is 1.16. The van der Waals surface area contributed by atoms with E-state index in [9.17, 15) is 0 Å². The second kappa shape index (κ2) is 23.4. The Morgan fingerprint density at radius 2 is 0.593 bits per heavy atom. The average Bonchev–Trinajstić information content (AvgIpc) is 2.65. The van der Waals surface area contributed by atoms with E-state index in [1.807, 2.05) is 0 Å². The van der Waals surface area contributed by atoms with Crippen LogP contribution < -0.4 is 24.0 Å². The lowest BCUT2D eigenvalue weighted by atomic mass is 10.2. The van der Waals surface area contributed by atoms with Crippen molar-refractivity contribution in [3.8, 4) is 0 Å². The monoisotopic (exact) mass is 512 g/mol. The van der Waals surface area contributed by atoms with Crippen LogP contribution in [-0.4, -0.2) is 24.6 Å². The molecule has 0 radical (unpaired) electrons. The number of halogens is 1. The maximum absolute atomic E-state index is 2.40. The lowest BCUT2D eigenvalue weighted by Gasteiger charge is -2.28. The summed E-state index contributed by atoms with van der Waals surface area (Å²) in [6, 6.07) is 0. The Balaban J connectivity index is 0. The molecule has 0 atom stereocenters. The Bertz CT molecular complexity index is 231. The predicted molar refractivity (Wildman–Crippen MR) is 128 cm³/mol. The molecule has 0 saturated carbocycles. The van der Waals surface area contributed by atoms with Crippen molar-refractivity contribution in [3.05, 3.63) is 0 Å². The first-order chi connectivity index (χ1) is 12.7. The van der Waals surface area contributed by atoms with Crippen LogP contribution in [0.2, 0.25) is 0 Å². The van der Waals surface area contributed by atoms with Gasteiger partial charge in [0.25, 0.3) is 0 Å². The smallest absolute Gasteiger partial charge is 0.0594 e. The van der Waals surface area contributed by atoms with Crippen molar-refractivity contribution in [1.82, 2.24) is 0 Å². The fourth-order valence-corrected chi connectivity index (χ4v) is 9.33. The van der Waals surface area contributed by atoms with Crippen LogP contribution in [0.4, 0.5) is 0 Å². The zero-order valence-corrected chi connectivity index (χ0v) is 22.7. The van der Waals surface area contributed by atoms with Crippen molar-refractivity contribution in [2.24, 2.45) is 0 Å². The Labute approximate surface area is 192 Å². The Kier molecular flexibility index (Phi) is 26.4. The van der Waals surface area contributed by atoms with E-state index in [4.69, 9.17) is 0 Å². The van der Waals surface area contributed by atoms with E-state index in [1.165, 1.54) is 89.9 Å². The minimum absolute atomic E-state index is 0. The van der Waals surface area contributed by atoms with Gasteiger partial charge < -0.3 is 24.0 Å². The van der Waals surface area contributed by atoms with Crippen LogP contribution in [0.3, 0.4) is 0 Å². The third-order valence-corrected chi connectivity index (χ3v) is 11.3. The third-order valence-electron chi connectivity index (χ3n) is 6.19. The van der Waals surface area contributed by atoms with E-state index in [-0.39, 0.29) is 24.0 Å². The maximum Gasteiger partial charge on any atom is 0.0594 e. The van der Waals surface area contributed by atoms with Gasteiger partial charge >= 0.3 is 0 Å². The maximum atomic E-state index is 2.40. The molecule has 166 valence electrons. The van der Waals surface area contributed by atoms with E-state index in [0.717, 1.165) is 0 Å². The van der Waals surface area contributed by atoms with Crippen LogP contribution in [-0.2, 0) is 0 Å². The molecule has 0 bridgehead atoms. The van der Waals surface area contributed by atoms with Crippen LogP contribution in [0.1, 0.15) is 137 Å². The number of rotatable bonds is 21. The van der Waals surface area contributed by atoms with Gasteiger partial charge in [-0.05, 0) is 44.9 Å². The molecule has 0 aromatic rings. The van der Waals surface area contributed by atoms with Gasteiger partial charge in [-0.1, -0.05) is 91.9 Å². The van der Waals surface area contributed by atoms with Crippen LogP contribution in [0.25, 0.3) is 0 Å². The zero-order chi connectivity index (χ0) is 19.3.